The number of sulfonamides is 1. The zero-order valence-electron chi connectivity index (χ0n) is 12.9. The van der Waals surface area contributed by atoms with E-state index in [1.165, 1.54) is 6.26 Å². The average Bonchev–Trinajstić information content (AvgIpc) is 2.40. The van der Waals surface area contributed by atoms with Gasteiger partial charge in [0.1, 0.15) is 0 Å². The normalized spacial score (nSPS) is 22.6. The van der Waals surface area contributed by atoms with Crippen molar-refractivity contribution in [2.45, 2.75) is 58.4 Å². The third kappa shape index (κ3) is 4.72. The van der Waals surface area contributed by atoms with E-state index in [1.54, 1.807) is 4.31 Å². The summed E-state index contributed by atoms with van der Waals surface area (Å²) in [6.07, 6.45) is 6.81. The van der Waals surface area contributed by atoms with Crippen molar-refractivity contribution in [2.24, 2.45) is 5.92 Å². The van der Waals surface area contributed by atoms with Crippen LogP contribution in [0.3, 0.4) is 0 Å². The quantitative estimate of drug-likeness (QED) is 0.782. The molecule has 0 amide bonds. The minimum atomic E-state index is -3.02. The van der Waals surface area contributed by atoms with Crippen LogP contribution in [0.2, 0.25) is 0 Å². The zero-order chi connectivity index (χ0) is 14.5. The second-order valence-electron chi connectivity index (χ2n) is 5.85. The summed E-state index contributed by atoms with van der Waals surface area (Å²) in [4.78, 5) is 0. The first-order valence-corrected chi connectivity index (χ1v) is 9.42. The monoisotopic (exact) mass is 290 g/mol. The predicted octanol–water partition coefficient (Wildman–Crippen LogP) is 2.22. The second-order valence-corrected chi connectivity index (χ2v) is 7.83. The van der Waals surface area contributed by atoms with Gasteiger partial charge >= 0.3 is 0 Å². The highest BCUT2D eigenvalue weighted by Crippen LogP contribution is 2.22. The van der Waals surface area contributed by atoms with Gasteiger partial charge < -0.3 is 5.32 Å². The van der Waals surface area contributed by atoms with Crippen molar-refractivity contribution in [3.05, 3.63) is 0 Å². The number of nitrogens with one attached hydrogen (secondary N) is 1. The fraction of sp³-hybridized carbons (Fsp3) is 1.00. The summed E-state index contributed by atoms with van der Waals surface area (Å²) in [5.74, 6) is 0.451. The van der Waals surface area contributed by atoms with E-state index in [0.29, 0.717) is 19.0 Å². The topological polar surface area (TPSA) is 49.4 Å². The number of hydrogen-bond donors (Lipinski definition) is 1. The minimum absolute atomic E-state index is 0.230. The Morgan fingerprint density at radius 1 is 1.21 bits per heavy atom. The van der Waals surface area contributed by atoms with Gasteiger partial charge in [-0.15, -0.1) is 0 Å². The highest BCUT2D eigenvalue weighted by atomic mass is 32.2. The molecule has 1 saturated heterocycles. The van der Waals surface area contributed by atoms with Crippen LogP contribution in [0.15, 0.2) is 0 Å². The first-order chi connectivity index (χ1) is 8.87. The summed E-state index contributed by atoms with van der Waals surface area (Å²) in [5.41, 5.74) is 0.230. The molecule has 0 saturated carbocycles. The summed E-state index contributed by atoms with van der Waals surface area (Å²) in [7, 11) is -3.02. The lowest BCUT2D eigenvalue weighted by Crippen LogP contribution is -2.49. The Morgan fingerprint density at radius 2 is 1.79 bits per heavy atom. The van der Waals surface area contributed by atoms with Crippen molar-refractivity contribution in [3.63, 3.8) is 0 Å². The Labute approximate surface area is 119 Å². The zero-order valence-corrected chi connectivity index (χ0v) is 13.7. The summed E-state index contributed by atoms with van der Waals surface area (Å²) in [5, 5.41) is 3.70. The molecule has 1 fully saturated rings. The van der Waals surface area contributed by atoms with E-state index >= 15 is 0 Å². The van der Waals surface area contributed by atoms with Crippen molar-refractivity contribution in [1.82, 2.24) is 9.62 Å². The van der Waals surface area contributed by atoms with Crippen LogP contribution < -0.4 is 5.32 Å². The van der Waals surface area contributed by atoms with E-state index in [0.717, 1.165) is 38.6 Å². The largest absolute Gasteiger partial charge is 0.311 e. The van der Waals surface area contributed by atoms with Crippen LogP contribution in [0.25, 0.3) is 0 Å². The molecule has 1 rings (SSSR count). The SMILES string of the molecule is CCC(CC)(CC)NCC1CCCN(S(C)(=O)=O)C1. The van der Waals surface area contributed by atoms with Gasteiger partial charge in [-0.3, -0.25) is 0 Å². The molecule has 5 heteroatoms. The van der Waals surface area contributed by atoms with Gasteiger partial charge in [0.25, 0.3) is 0 Å². The maximum atomic E-state index is 11.6. The Bertz CT molecular complexity index is 355. The van der Waals surface area contributed by atoms with Crippen molar-refractivity contribution in [2.75, 3.05) is 25.9 Å². The average molecular weight is 290 g/mol. The van der Waals surface area contributed by atoms with Gasteiger partial charge in [-0.05, 0) is 44.6 Å². The molecule has 0 aromatic rings. The van der Waals surface area contributed by atoms with Crippen molar-refractivity contribution in [3.8, 4) is 0 Å². The van der Waals surface area contributed by atoms with Gasteiger partial charge in [0.05, 0.1) is 6.26 Å². The molecule has 1 heterocycles. The van der Waals surface area contributed by atoms with Crippen LogP contribution in [0.5, 0.6) is 0 Å². The number of piperidine rings is 1. The Balaban J connectivity index is 2.53. The molecule has 1 unspecified atom stereocenters. The molecule has 1 aliphatic heterocycles. The number of nitrogens with zero attached hydrogens (tertiary/aromatic N) is 1. The summed E-state index contributed by atoms with van der Waals surface area (Å²) >= 11 is 0. The standard InChI is InChI=1S/C14H30N2O2S/c1-5-14(6-2,7-3)15-11-13-9-8-10-16(12-13)19(4,17)18/h13,15H,5-12H2,1-4H3. The molecule has 0 bridgehead atoms. The van der Waals surface area contributed by atoms with Crippen molar-refractivity contribution in [1.29, 1.82) is 0 Å². The Kier molecular flexibility index (Phi) is 6.27. The van der Waals surface area contributed by atoms with Crippen LogP contribution in [-0.2, 0) is 10.0 Å². The van der Waals surface area contributed by atoms with Gasteiger partial charge in [0.15, 0.2) is 0 Å². The van der Waals surface area contributed by atoms with Crippen molar-refractivity contribution < 1.29 is 8.42 Å². The smallest absolute Gasteiger partial charge is 0.211 e. The minimum Gasteiger partial charge on any atom is -0.311 e. The molecule has 1 atom stereocenters. The summed E-state index contributed by atoms with van der Waals surface area (Å²) in [6.45, 7) is 8.98. The molecule has 1 N–H and O–H groups in total. The lowest BCUT2D eigenvalue weighted by molar-refractivity contribution is 0.219. The van der Waals surface area contributed by atoms with Gasteiger partial charge in [0.2, 0.25) is 10.0 Å². The lowest BCUT2D eigenvalue weighted by Gasteiger charge is -2.36. The molecule has 4 nitrogen and oxygen atoms in total. The van der Waals surface area contributed by atoms with Gasteiger partial charge in [-0.1, -0.05) is 20.8 Å². The molecule has 1 aliphatic rings. The van der Waals surface area contributed by atoms with Gasteiger partial charge in [-0.25, -0.2) is 12.7 Å². The van der Waals surface area contributed by atoms with Gasteiger partial charge in [0, 0.05) is 18.6 Å². The lowest BCUT2D eigenvalue weighted by atomic mass is 9.88. The van der Waals surface area contributed by atoms with E-state index < -0.39 is 10.0 Å². The molecular weight excluding hydrogens is 260 g/mol. The Morgan fingerprint density at radius 3 is 2.26 bits per heavy atom. The maximum absolute atomic E-state index is 11.6. The third-order valence-corrected chi connectivity index (χ3v) is 6.02. The van der Waals surface area contributed by atoms with Crippen LogP contribution in [0, 0.1) is 5.92 Å². The summed E-state index contributed by atoms with van der Waals surface area (Å²) in [6, 6.07) is 0. The first kappa shape index (κ1) is 16.9. The highest BCUT2D eigenvalue weighted by molar-refractivity contribution is 7.88. The Hall–Kier alpha value is -0.130. The molecule has 0 aromatic heterocycles. The van der Waals surface area contributed by atoms with Gasteiger partial charge in [-0.2, -0.15) is 0 Å². The first-order valence-electron chi connectivity index (χ1n) is 7.57. The van der Waals surface area contributed by atoms with Crippen LogP contribution in [0.4, 0.5) is 0 Å². The molecule has 0 aromatic carbocycles. The van der Waals surface area contributed by atoms with Crippen LogP contribution in [-0.4, -0.2) is 44.2 Å². The molecule has 114 valence electrons. The summed E-state index contributed by atoms with van der Waals surface area (Å²) < 4.78 is 24.8. The predicted molar refractivity (Wildman–Crippen MR) is 80.7 cm³/mol. The van der Waals surface area contributed by atoms with E-state index in [2.05, 4.69) is 26.1 Å². The second kappa shape index (κ2) is 7.04. The van der Waals surface area contributed by atoms with Crippen LogP contribution >= 0.6 is 0 Å². The van der Waals surface area contributed by atoms with E-state index in [-0.39, 0.29) is 5.54 Å². The number of hydrogen-bond acceptors (Lipinski definition) is 3. The molecule has 0 radical (unpaired) electrons. The fourth-order valence-electron chi connectivity index (χ4n) is 2.98. The van der Waals surface area contributed by atoms with E-state index in [4.69, 9.17) is 0 Å². The maximum Gasteiger partial charge on any atom is 0.211 e. The van der Waals surface area contributed by atoms with E-state index in [1.807, 2.05) is 0 Å². The van der Waals surface area contributed by atoms with E-state index in [9.17, 15) is 8.42 Å². The molecule has 0 spiro atoms. The molecule has 19 heavy (non-hydrogen) atoms. The molecule has 0 aliphatic carbocycles. The van der Waals surface area contributed by atoms with Crippen LogP contribution in [0.1, 0.15) is 52.9 Å². The highest BCUT2D eigenvalue weighted by Gasteiger charge is 2.28. The van der Waals surface area contributed by atoms with Crippen molar-refractivity contribution >= 4 is 10.0 Å². The third-order valence-electron chi connectivity index (χ3n) is 4.75. The molecular formula is C14H30N2O2S. The number of rotatable bonds is 7. The fourth-order valence-corrected chi connectivity index (χ4v) is 3.92.